The van der Waals surface area contributed by atoms with Gasteiger partial charge in [0.25, 0.3) is 0 Å². The number of carbonyl (C=O) groups excluding carboxylic acids is 2. The zero-order valence-corrected chi connectivity index (χ0v) is 19.5. The average molecular weight is 479 g/mol. The zero-order valence-electron chi connectivity index (χ0n) is 19.5. The molecule has 1 aliphatic heterocycles. The van der Waals surface area contributed by atoms with Gasteiger partial charge in [-0.05, 0) is 35.1 Å². The molecule has 2 aromatic carbocycles. The summed E-state index contributed by atoms with van der Waals surface area (Å²) in [5, 5.41) is 15.0. The van der Waals surface area contributed by atoms with Gasteiger partial charge in [-0.3, -0.25) is 4.79 Å². The number of fused-ring (bicyclic) bond motifs is 3. The first-order valence-corrected chi connectivity index (χ1v) is 11.8. The fourth-order valence-electron chi connectivity index (χ4n) is 4.77. The largest absolute Gasteiger partial charge is 0.480 e. The van der Waals surface area contributed by atoms with Crippen molar-refractivity contribution in [2.24, 2.45) is 0 Å². The molecule has 1 saturated heterocycles. The van der Waals surface area contributed by atoms with Gasteiger partial charge in [-0.1, -0.05) is 54.6 Å². The molecule has 2 aliphatic rings. The molecule has 0 radical (unpaired) electrons. The van der Waals surface area contributed by atoms with E-state index in [4.69, 9.17) is 9.47 Å². The van der Waals surface area contributed by atoms with E-state index in [9.17, 15) is 19.5 Å². The van der Waals surface area contributed by atoms with Crippen LogP contribution >= 0.6 is 0 Å². The number of amides is 2. The van der Waals surface area contributed by atoms with Crippen LogP contribution in [-0.4, -0.2) is 54.5 Å². The predicted molar refractivity (Wildman–Crippen MR) is 130 cm³/mol. The Labute approximate surface area is 204 Å². The molecule has 2 aromatic rings. The smallest absolute Gasteiger partial charge is 0.407 e. The Morgan fingerprint density at radius 2 is 1.69 bits per heavy atom. The number of carboxylic acid groups (broad SMARTS) is 1. The summed E-state index contributed by atoms with van der Waals surface area (Å²) in [6, 6.07) is 15.1. The Hall–Kier alpha value is -3.65. The van der Waals surface area contributed by atoms with Crippen molar-refractivity contribution in [3.8, 4) is 11.1 Å². The minimum absolute atomic E-state index is 0.105. The summed E-state index contributed by atoms with van der Waals surface area (Å²) in [6.45, 7) is 4.27. The average Bonchev–Trinajstić information content (AvgIpc) is 3.19. The van der Waals surface area contributed by atoms with E-state index in [1.807, 2.05) is 36.4 Å². The topological polar surface area (TPSA) is 114 Å². The second-order valence-electron chi connectivity index (χ2n) is 8.88. The van der Waals surface area contributed by atoms with Crippen LogP contribution in [-0.2, 0) is 19.1 Å². The van der Waals surface area contributed by atoms with Crippen molar-refractivity contribution in [2.75, 3.05) is 19.8 Å². The standard InChI is InChI=1S/C27H30N2O6/c1-2-3-12-23(24(30)29-27(25(31)32)13-15-34-16-14-27)28-26(33)35-17-22-20-10-6-4-8-18(20)19-9-5-7-11-21(19)22/h2,4-11,22-23H,1,3,12-17H2,(H,28,33)(H,29,30)(H,31,32). The number of ether oxygens (including phenoxy) is 2. The summed E-state index contributed by atoms with van der Waals surface area (Å²) >= 11 is 0. The Morgan fingerprint density at radius 3 is 2.26 bits per heavy atom. The summed E-state index contributed by atoms with van der Waals surface area (Å²) in [5.74, 6) is -1.78. The second kappa shape index (κ2) is 10.7. The molecule has 1 unspecified atom stereocenters. The van der Waals surface area contributed by atoms with Gasteiger partial charge in [0.15, 0.2) is 0 Å². The van der Waals surface area contributed by atoms with E-state index in [1.165, 1.54) is 0 Å². The van der Waals surface area contributed by atoms with Gasteiger partial charge in [-0.25, -0.2) is 9.59 Å². The number of aliphatic carboxylic acids is 1. The number of benzene rings is 2. The van der Waals surface area contributed by atoms with Gasteiger partial charge >= 0.3 is 12.1 Å². The van der Waals surface area contributed by atoms with Crippen molar-refractivity contribution in [3.63, 3.8) is 0 Å². The number of allylic oxidation sites excluding steroid dienone is 1. The SMILES string of the molecule is C=CCCC(NC(=O)OCC1c2ccccc2-c2ccccc21)C(=O)NC1(C(=O)O)CCOCC1. The quantitative estimate of drug-likeness (QED) is 0.475. The third-order valence-corrected chi connectivity index (χ3v) is 6.73. The Kier molecular flexibility index (Phi) is 7.51. The lowest BCUT2D eigenvalue weighted by Gasteiger charge is -2.35. The van der Waals surface area contributed by atoms with Crippen LogP contribution < -0.4 is 10.6 Å². The molecular formula is C27H30N2O6. The van der Waals surface area contributed by atoms with E-state index >= 15 is 0 Å². The molecule has 4 rings (SSSR count). The Balaban J connectivity index is 1.42. The molecule has 1 aliphatic carbocycles. The minimum Gasteiger partial charge on any atom is -0.480 e. The monoisotopic (exact) mass is 478 g/mol. The highest BCUT2D eigenvalue weighted by atomic mass is 16.5. The van der Waals surface area contributed by atoms with Crippen molar-refractivity contribution in [1.29, 1.82) is 0 Å². The Morgan fingerprint density at radius 1 is 1.09 bits per heavy atom. The number of carbonyl (C=O) groups is 3. The van der Waals surface area contributed by atoms with Crippen LogP contribution in [0.15, 0.2) is 61.2 Å². The molecule has 3 N–H and O–H groups in total. The lowest BCUT2D eigenvalue weighted by molar-refractivity contribution is -0.152. The minimum atomic E-state index is -1.41. The maximum atomic E-state index is 13.0. The highest BCUT2D eigenvalue weighted by Crippen LogP contribution is 2.44. The summed E-state index contributed by atoms with van der Waals surface area (Å²) in [5.41, 5.74) is 3.01. The molecule has 0 spiro atoms. The molecule has 1 atom stereocenters. The van der Waals surface area contributed by atoms with Crippen molar-refractivity contribution in [2.45, 2.75) is 43.2 Å². The highest BCUT2D eigenvalue weighted by molar-refractivity contribution is 5.91. The van der Waals surface area contributed by atoms with Gasteiger partial charge in [-0.2, -0.15) is 0 Å². The first-order chi connectivity index (χ1) is 16.9. The first-order valence-electron chi connectivity index (χ1n) is 11.8. The van der Waals surface area contributed by atoms with Crippen molar-refractivity contribution >= 4 is 18.0 Å². The maximum absolute atomic E-state index is 13.0. The summed E-state index contributed by atoms with van der Waals surface area (Å²) in [4.78, 5) is 37.7. The molecule has 184 valence electrons. The molecule has 0 aromatic heterocycles. The second-order valence-corrected chi connectivity index (χ2v) is 8.88. The Bertz CT molecular complexity index is 1060. The number of nitrogens with one attached hydrogen (secondary N) is 2. The molecular weight excluding hydrogens is 448 g/mol. The highest BCUT2D eigenvalue weighted by Gasteiger charge is 2.43. The van der Waals surface area contributed by atoms with Gasteiger partial charge in [0.2, 0.25) is 5.91 Å². The maximum Gasteiger partial charge on any atom is 0.407 e. The van der Waals surface area contributed by atoms with Gasteiger partial charge in [0, 0.05) is 32.0 Å². The molecule has 8 heteroatoms. The van der Waals surface area contributed by atoms with Crippen molar-refractivity contribution in [1.82, 2.24) is 10.6 Å². The number of rotatable bonds is 9. The van der Waals surface area contributed by atoms with Crippen LogP contribution in [0.25, 0.3) is 11.1 Å². The molecule has 0 bridgehead atoms. The van der Waals surface area contributed by atoms with Crippen LogP contribution in [0.5, 0.6) is 0 Å². The van der Waals surface area contributed by atoms with Crippen molar-refractivity contribution < 1.29 is 29.0 Å². The van der Waals surface area contributed by atoms with Gasteiger partial charge in [0.05, 0.1) is 0 Å². The van der Waals surface area contributed by atoms with Gasteiger partial charge < -0.3 is 25.2 Å². The fraction of sp³-hybridized carbons (Fsp3) is 0.370. The van der Waals surface area contributed by atoms with E-state index in [-0.39, 0.29) is 45.0 Å². The van der Waals surface area contributed by atoms with Gasteiger partial charge in [0.1, 0.15) is 18.2 Å². The predicted octanol–water partition coefficient (Wildman–Crippen LogP) is 3.61. The van der Waals surface area contributed by atoms with Crippen LogP contribution in [0.1, 0.15) is 42.7 Å². The first kappa shape index (κ1) is 24.5. The third-order valence-electron chi connectivity index (χ3n) is 6.73. The fourth-order valence-corrected chi connectivity index (χ4v) is 4.77. The molecule has 1 heterocycles. The van der Waals surface area contributed by atoms with E-state index in [0.29, 0.717) is 6.42 Å². The van der Waals surface area contributed by atoms with E-state index < -0.39 is 29.6 Å². The molecule has 2 amide bonds. The lowest BCUT2D eigenvalue weighted by atomic mass is 9.89. The lowest BCUT2D eigenvalue weighted by Crippen LogP contribution is -2.61. The van der Waals surface area contributed by atoms with E-state index in [0.717, 1.165) is 22.3 Å². The number of carboxylic acids is 1. The molecule has 8 nitrogen and oxygen atoms in total. The third kappa shape index (κ3) is 5.22. The van der Waals surface area contributed by atoms with Gasteiger partial charge in [-0.15, -0.1) is 6.58 Å². The van der Waals surface area contributed by atoms with E-state index in [2.05, 4.69) is 29.3 Å². The summed E-state index contributed by atoms with van der Waals surface area (Å²) < 4.78 is 10.8. The molecule has 35 heavy (non-hydrogen) atoms. The number of alkyl carbamates (subject to hydrolysis) is 1. The molecule has 0 saturated carbocycles. The molecule has 1 fully saturated rings. The van der Waals surface area contributed by atoms with Crippen molar-refractivity contribution in [3.05, 3.63) is 72.3 Å². The number of hydrogen-bond donors (Lipinski definition) is 3. The summed E-state index contributed by atoms with van der Waals surface area (Å²) in [7, 11) is 0. The van der Waals surface area contributed by atoms with Crippen LogP contribution in [0.4, 0.5) is 4.79 Å². The number of hydrogen-bond acceptors (Lipinski definition) is 5. The van der Waals surface area contributed by atoms with Crippen LogP contribution in [0.3, 0.4) is 0 Å². The zero-order chi connectivity index (χ0) is 24.8. The van der Waals surface area contributed by atoms with Crippen LogP contribution in [0.2, 0.25) is 0 Å². The summed E-state index contributed by atoms with van der Waals surface area (Å²) in [6.07, 6.45) is 1.96. The normalized spacial score (nSPS) is 16.9. The van der Waals surface area contributed by atoms with E-state index in [1.54, 1.807) is 6.08 Å². The van der Waals surface area contributed by atoms with Crippen LogP contribution in [0, 0.1) is 0 Å².